The van der Waals surface area contributed by atoms with Crippen molar-refractivity contribution in [2.24, 2.45) is 5.10 Å². The maximum absolute atomic E-state index is 12.0. The molecule has 154 valence electrons. The van der Waals surface area contributed by atoms with Gasteiger partial charge in [-0.15, -0.1) is 0 Å². The Morgan fingerprint density at radius 2 is 1.86 bits per heavy atom. The van der Waals surface area contributed by atoms with Crippen LogP contribution in [0.2, 0.25) is 0 Å². The molecular formula is C21H23Br2N3O3. The van der Waals surface area contributed by atoms with E-state index in [1.165, 1.54) is 5.56 Å². The summed E-state index contributed by atoms with van der Waals surface area (Å²) in [5.41, 5.74) is 5.72. The summed E-state index contributed by atoms with van der Waals surface area (Å²) < 4.78 is 12.8. The highest BCUT2D eigenvalue weighted by molar-refractivity contribution is 9.11. The van der Waals surface area contributed by atoms with E-state index in [4.69, 9.17) is 9.47 Å². The number of nitrogens with zero attached hydrogens (tertiary/aromatic N) is 2. The average molecular weight is 525 g/mol. The molecule has 1 aliphatic heterocycles. The monoisotopic (exact) mass is 523 g/mol. The van der Waals surface area contributed by atoms with Crippen LogP contribution in [0.25, 0.3) is 0 Å². The summed E-state index contributed by atoms with van der Waals surface area (Å²) in [5.74, 6) is 0.582. The Kier molecular flexibility index (Phi) is 8.23. The zero-order valence-corrected chi connectivity index (χ0v) is 19.3. The minimum absolute atomic E-state index is 0.140. The van der Waals surface area contributed by atoms with Crippen LogP contribution in [0.4, 0.5) is 0 Å². The summed E-state index contributed by atoms with van der Waals surface area (Å²) in [7, 11) is 0. The Morgan fingerprint density at radius 1 is 1.21 bits per heavy atom. The molecule has 0 aliphatic carbocycles. The lowest BCUT2D eigenvalue weighted by atomic mass is 10.2. The second kappa shape index (κ2) is 10.9. The van der Waals surface area contributed by atoms with Gasteiger partial charge >= 0.3 is 0 Å². The van der Waals surface area contributed by atoms with Crippen LogP contribution in [0, 0.1) is 6.92 Å². The van der Waals surface area contributed by atoms with Gasteiger partial charge in [0.05, 0.1) is 34.9 Å². The lowest BCUT2D eigenvalue weighted by Crippen LogP contribution is -2.42. The molecule has 0 unspecified atom stereocenters. The zero-order valence-electron chi connectivity index (χ0n) is 16.2. The summed E-state index contributed by atoms with van der Waals surface area (Å²) in [5, 5.41) is 4.06. The van der Waals surface area contributed by atoms with Crippen LogP contribution in [0.5, 0.6) is 5.75 Å². The molecular weight excluding hydrogens is 502 g/mol. The molecule has 0 saturated carbocycles. The topological polar surface area (TPSA) is 63.2 Å². The van der Waals surface area contributed by atoms with Gasteiger partial charge in [-0.05, 0) is 62.0 Å². The number of benzene rings is 2. The molecule has 3 rings (SSSR count). The van der Waals surface area contributed by atoms with Crippen molar-refractivity contribution in [2.75, 3.05) is 32.8 Å². The lowest BCUT2D eigenvalue weighted by Gasteiger charge is -2.25. The number of ether oxygens (including phenoxy) is 2. The van der Waals surface area contributed by atoms with Crippen molar-refractivity contribution in [2.45, 2.75) is 13.5 Å². The van der Waals surface area contributed by atoms with E-state index in [0.717, 1.165) is 38.9 Å². The molecule has 0 radical (unpaired) electrons. The minimum Gasteiger partial charge on any atom is -0.487 e. The van der Waals surface area contributed by atoms with Crippen molar-refractivity contribution < 1.29 is 14.3 Å². The van der Waals surface area contributed by atoms with E-state index in [9.17, 15) is 4.79 Å². The van der Waals surface area contributed by atoms with Crippen LogP contribution in [0.1, 0.15) is 16.7 Å². The summed E-state index contributed by atoms with van der Waals surface area (Å²) in [6.45, 7) is 5.71. The Hall–Kier alpha value is -1.74. The van der Waals surface area contributed by atoms with Crippen LogP contribution in [-0.4, -0.2) is 49.9 Å². The van der Waals surface area contributed by atoms with Gasteiger partial charge in [0.15, 0.2) is 0 Å². The van der Waals surface area contributed by atoms with Gasteiger partial charge in [0, 0.05) is 13.1 Å². The summed E-state index contributed by atoms with van der Waals surface area (Å²) >= 11 is 7.09. The van der Waals surface area contributed by atoms with E-state index >= 15 is 0 Å². The molecule has 1 heterocycles. The van der Waals surface area contributed by atoms with Gasteiger partial charge in [-0.2, -0.15) is 5.10 Å². The maximum atomic E-state index is 12.0. The molecule has 1 saturated heterocycles. The number of amides is 1. The van der Waals surface area contributed by atoms with Crippen molar-refractivity contribution in [1.82, 2.24) is 10.3 Å². The van der Waals surface area contributed by atoms with E-state index in [1.807, 2.05) is 17.0 Å². The number of morpholine rings is 1. The largest absolute Gasteiger partial charge is 0.487 e. The first kappa shape index (κ1) is 22.0. The van der Waals surface area contributed by atoms with E-state index < -0.39 is 0 Å². The second-order valence-corrected chi connectivity index (χ2v) is 8.48. The molecule has 2 aromatic rings. The first-order valence-corrected chi connectivity index (χ1v) is 10.9. The Bertz CT molecular complexity index is 843. The van der Waals surface area contributed by atoms with Crippen LogP contribution < -0.4 is 10.2 Å². The molecule has 6 nitrogen and oxygen atoms in total. The highest BCUT2D eigenvalue weighted by Gasteiger charge is 2.13. The van der Waals surface area contributed by atoms with Crippen LogP contribution in [0.3, 0.4) is 0 Å². The first-order valence-electron chi connectivity index (χ1n) is 9.30. The molecule has 1 aliphatic rings. The van der Waals surface area contributed by atoms with Gasteiger partial charge in [-0.1, -0.05) is 29.8 Å². The molecule has 8 heteroatoms. The van der Waals surface area contributed by atoms with E-state index in [0.29, 0.717) is 26.4 Å². The van der Waals surface area contributed by atoms with Crippen molar-refractivity contribution >= 4 is 44.0 Å². The number of halogens is 2. The Labute approximate surface area is 187 Å². The molecule has 1 N–H and O–H groups in total. The molecule has 0 atom stereocenters. The lowest BCUT2D eigenvalue weighted by molar-refractivity contribution is -0.123. The normalized spacial score (nSPS) is 14.9. The van der Waals surface area contributed by atoms with Crippen LogP contribution >= 0.6 is 31.9 Å². The number of hydrazone groups is 1. The first-order chi connectivity index (χ1) is 14.0. The second-order valence-electron chi connectivity index (χ2n) is 6.77. The quantitative estimate of drug-likeness (QED) is 0.441. The number of aryl methyl sites for hydroxylation is 1. The molecule has 2 aromatic carbocycles. The standard InChI is InChI=1S/C21H23Br2N3O3/c1-15-2-4-16(5-3-15)14-29-21-18(22)10-17(11-19(21)23)12-24-25-20(27)13-26-6-8-28-9-7-26/h2-5,10-12H,6-9,13-14H2,1H3,(H,25,27)/b24-12+. The number of hydrogen-bond donors (Lipinski definition) is 1. The number of hydrogen-bond acceptors (Lipinski definition) is 5. The highest BCUT2D eigenvalue weighted by atomic mass is 79.9. The summed E-state index contributed by atoms with van der Waals surface area (Å²) in [6.07, 6.45) is 1.61. The maximum Gasteiger partial charge on any atom is 0.254 e. The van der Waals surface area contributed by atoms with E-state index in [-0.39, 0.29) is 5.91 Å². The van der Waals surface area contributed by atoms with Crippen molar-refractivity contribution in [3.05, 3.63) is 62.0 Å². The van der Waals surface area contributed by atoms with Crippen molar-refractivity contribution in [1.29, 1.82) is 0 Å². The summed E-state index contributed by atoms with van der Waals surface area (Å²) in [6, 6.07) is 12.0. The van der Waals surface area contributed by atoms with Crippen LogP contribution in [0.15, 0.2) is 50.4 Å². The van der Waals surface area contributed by atoms with Gasteiger partial charge < -0.3 is 9.47 Å². The fraction of sp³-hybridized carbons (Fsp3) is 0.333. The smallest absolute Gasteiger partial charge is 0.254 e. The van der Waals surface area contributed by atoms with Gasteiger partial charge in [0.25, 0.3) is 5.91 Å². The van der Waals surface area contributed by atoms with Crippen LogP contribution in [-0.2, 0) is 16.1 Å². The molecule has 1 amide bonds. The number of rotatable bonds is 7. The van der Waals surface area contributed by atoms with E-state index in [2.05, 4.69) is 73.6 Å². The third kappa shape index (κ3) is 6.92. The molecule has 0 aromatic heterocycles. The van der Waals surface area contributed by atoms with Gasteiger partial charge in [0.1, 0.15) is 12.4 Å². The fourth-order valence-corrected chi connectivity index (χ4v) is 4.26. The number of carbonyl (C=O) groups excluding carboxylic acids is 1. The average Bonchev–Trinajstić information content (AvgIpc) is 2.69. The SMILES string of the molecule is Cc1ccc(COc2c(Br)cc(/C=N/NC(=O)CN3CCOCC3)cc2Br)cc1. The van der Waals surface area contributed by atoms with Gasteiger partial charge in [-0.25, -0.2) is 5.43 Å². The molecule has 0 spiro atoms. The third-order valence-corrected chi connectivity index (χ3v) is 5.58. The van der Waals surface area contributed by atoms with Gasteiger partial charge in [0.2, 0.25) is 0 Å². The third-order valence-electron chi connectivity index (χ3n) is 4.40. The zero-order chi connectivity index (χ0) is 20.6. The molecule has 29 heavy (non-hydrogen) atoms. The molecule has 1 fully saturated rings. The van der Waals surface area contributed by atoms with Crippen molar-refractivity contribution in [3.63, 3.8) is 0 Å². The summed E-state index contributed by atoms with van der Waals surface area (Å²) in [4.78, 5) is 14.0. The van der Waals surface area contributed by atoms with Crippen molar-refractivity contribution in [3.8, 4) is 5.75 Å². The highest BCUT2D eigenvalue weighted by Crippen LogP contribution is 2.35. The van der Waals surface area contributed by atoms with Gasteiger partial charge in [-0.3, -0.25) is 9.69 Å². The predicted octanol–water partition coefficient (Wildman–Crippen LogP) is 3.88. The number of nitrogens with one attached hydrogen (secondary N) is 1. The predicted molar refractivity (Wildman–Crippen MR) is 120 cm³/mol. The Balaban J connectivity index is 1.54. The fourth-order valence-electron chi connectivity index (χ4n) is 2.81. The molecule has 0 bridgehead atoms. The Morgan fingerprint density at radius 3 is 2.52 bits per heavy atom. The van der Waals surface area contributed by atoms with E-state index in [1.54, 1.807) is 6.21 Å². The minimum atomic E-state index is -0.140. The number of carbonyl (C=O) groups is 1.